The molecule has 0 fully saturated rings. The second-order valence-electron chi connectivity index (χ2n) is 24.9. The zero-order chi connectivity index (χ0) is 57.8. The van der Waals surface area contributed by atoms with Gasteiger partial charge in [0.05, 0.1) is 0 Å². The fraction of sp³-hybridized carbons (Fsp3) is 0.905. The molecule has 0 heterocycles. The number of hydrogen-bond acceptors (Lipinski definition) is 6. The molecule has 0 aliphatic carbocycles. The molecule has 0 saturated heterocycles. The summed E-state index contributed by atoms with van der Waals surface area (Å²) in [4.78, 5) is 38.5. The van der Waals surface area contributed by atoms with Crippen molar-refractivity contribution < 1.29 is 28.6 Å². The SMILES string of the molecule is CCCCCCCCC/C=C\CCCCCCCC(=O)OCC(COC(=O)CCCCCCCCCCCCCCCCC/C=C\CCCCCCCCCC)OC(=O)CCCCCCCCCCCCCCCCCCCCC. The normalized spacial score (nSPS) is 12.1. The highest BCUT2D eigenvalue weighted by atomic mass is 16.6. The summed E-state index contributed by atoms with van der Waals surface area (Å²) in [6.07, 6.45) is 85.0. The highest BCUT2D eigenvalue weighted by Gasteiger charge is 2.19. The number of hydrogen-bond donors (Lipinski definition) is 0. The van der Waals surface area contributed by atoms with Crippen LogP contribution in [0.15, 0.2) is 24.3 Å². The molecule has 0 rings (SSSR count). The monoisotopic (exact) mass is 1130 g/mol. The Morgan fingerprint density at radius 1 is 0.237 bits per heavy atom. The van der Waals surface area contributed by atoms with Crippen LogP contribution in [0.4, 0.5) is 0 Å². The van der Waals surface area contributed by atoms with E-state index in [1.54, 1.807) is 0 Å². The first-order chi connectivity index (χ1) is 39.5. The summed E-state index contributed by atoms with van der Waals surface area (Å²) < 4.78 is 17.0. The van der Waals surface area contributed by atoms with Gasteiger partial charge in [-0.05, 0) is 70.6 Å². The van der Waals surface area contributed by atoms with Gasteiger partial charge in [0, 0.05) is 19.3 Å². The maximum Gasteiger partial charge on any atom is 0.306 e. The molecular weight excluding hydrogens is 985 g/mol. The first kappa shape index (κ1) is 77.9. The van der Waals surface area contributed by atoms with E-state index in [0.717, 1.165) is 64.2 Å². The van der Waals surface area contributed by atoms with Gasteiger partial charge in [-0.3, -0.25) is 14.4 Å². The van der Waals surface area contributed by atoms with E-state index in [1.807, 2.05) is 0 Å². The average Bonchev–Trinajstić information content (AvgIpc) is 3.46. The molecule has 0 aromatic carbocycles. The maximum absolute atomic E-state index is 13.0. The lowest BCUT2D eigenvalue weighted by Gasteiger charge is -2.18. The minimum atomic E-state index is -0.772. The number of rotatable bonds is 68. The Morgan fingerprint density at radius 3 is 0.625 bits per heavy atom. The molecule has 80 heavy (non-hydrogen) atoms. The second kappa shape index (κ2) is 69.4. The van der Waals surface area contributed by atoms with Crippen molar-refractivity contribution >= 4 is 17.9 Å². The lowest BCUT2D eigenvalue weighted by atomic mass is 10.0. The van der Waals surface area contributed by atoms with Crippen LogP contribution in [-0.2, 0) is 28.6 Å². The van der Waals surface area contributed by atoms with E-state index in [0.29, 0.717) is 19.3 Å². The van der Waals surface area contributed by atoms with Gasteiger partial charge >= 0.3 is 17.9 Å². The molecule has 0 N–H and O–H groups in total. The van der Waals surface area contributed by atoms with Gasteiger partial charge in [-0.15, -0.1) is 0 Å². The quantitative estimate of drug-likeness (QED) is 0.0261. The summed E-state index contributed by atoms with van der Waals surface area (Å²) in [5.41, 5.74) is 0. The molecule has 6 heteroatoms. The summed E-state index contributed by atoms with van der Waals surface area (Å²) in [7, 11) is 0. The first-order valence-electron chi connectivity index (χ1n) is 36.3. The molecule has 0 aromatic rings. The Bertz CT molecular complexity index is 1290. The van der Waals surface area contributed by atoms with Crippen LogP contribution >= 0.6 is 0 Å². The number of unbranched alkanes of at least 4 members (excludes halogenated alkanes) is 53. The van der Waals surface area contributed by atoms with Crippen molar-refractivity contribution in [3.05, 3.63) is 24.3 Å². The van der Waals surface area contributed by atoms with Crippen molar-refractivity contribution in [1.82, 2.24) is 0 Å². The Morgan fingerprint density at radius 2 is 0.412 bits per heavy atom. The summed E-state index contributed by atoms with van der Waals surface area (Å²) in [6.45, 7) is 6.72. The third-order valence-corrected chi connectivity index (χ3v) is 16.7. The molecule has 1 unspecified atom stereocenters. The molecule has 0 aliphatic heterocycles. The van der Waals surface area contributed by atoms with E-state index >= 15 is 0 Å². The zero-order valence-electron chi connectivity index (χ0n) is 54.4. The van der Waals surface area contributed by atoms with Gasteiger partial charge in [0.25, 0.3) is 0 Å². The van der Waals surface area contributed by atoms with E-state index in [9.17, 15) is 14.4 Å². The van der Waals surface area contributed by atoms with Crippen molar-refractivity contribution in [3.63, 3.8) is 0 Å². The van der Waals surface area contributed by atoms with Crippen molar-refractivity contribution in [2.75, 3.05) is 13.2 Å². The Hall–Kier alpha value is -2.11. The number of esters is 3. The third-order valence-electron chi connectivity index (χ3n) is 16.7. The molecule has 0 aliphatic rings. The first-order valence-corrected chi connectivity index (χ1v) is 36.3. The van der Waals surface area contributed by atoms with Gasteiger partial charge in [-0.25, -0.2) is 0 Å². The van der Waals surface area contributed by atoms with Gasteiger partial charge in [-0.2, -0.15) is 0 Å². The van der Waals surface area contributed by atoms with Crippen molar-refractivity contribution in [2.24, 2.45) is 0 Å². The van der Waals surface area contributed by atoms with Crippen LogP contribution in [0.25, 0.3) is 0 Å². The summed E-state index contributed by atoms with van der Waals surface area (Å²) in [5, 5.41) is 0. The van der Waals surface area contributed by atoms with Crippen LogP contribution < -0.4 is 0 Å². The molecule has 0 amide bonds. The van der Waals surface area contributed by atoms with Crippen LogP contribution in [0.5, 0.6) is 0 Å². The largest absolute Gasteiger partial charge is 0.462 e. The van der Waals surface area contributed by atoms with Gasteiger partial charge < -0.3 is 14.2 Å². The van der Waals surface area contributed by atoms with Crippen LogP contribution in [0.2, 0.25) is 0 Å². The lowest BCUT2D eigenvalue weighted by Crippen LogP contribution is -2.30. The molecule has 472 valence electrons. The smallest absolute Gasteiger partial charge is 0.306 e. The van der Waals surface area contributed by atoms with Gasteiger partial charge in [0.15, 0.2) is 6.10 Å². The minimum absolute atomic E-state index is 0.0676. The Kier molecular flexibility index (Phi) is 67.6. The zero-order valence-corrected chi connectivity index (χ0v) is 54.4. The molecular formula is C74H140O6. The van der Waals surface area contributed by atoms with E-state index < -0.39 is 6.10 Å². The van der Waals surface area contributed by atoms with Crippen molar-refractivity contribution in [2.45, 2.75) is 419 Å². The number of ether oxygens (including phenoxy) is 3. The predicted octanol–water partition coefficient (Wildman–Crippen LogP) is 25.0. The van der Waals surface area contributed by atoms with E-state index in [-0.39, 0.29) is 31.1 Å². The van der Waals surface area contributed by atoms with Gasteiger partial charge in [0.1, 0.15) is 13.2 Å². The van der Waals surface area contributed by atoms with E-state index in [4.69, 9.17) is 14.2 Å². The second-order valence-corrected chi connectivity index (χ2v) is 24.9. The van der Waals surface area contributed by atoms with Crippen LogP contribution in [0.3, 0.4) is 0 Å². The van der Waals surface area contributed by atoms with Crippen molar-refractivity contribution in [1.29, 1.82) is 0 Å². The Balaban J connectivity index is 4.24. The standard InChI is InChI=1S/C74H140O6/c1-4-7-10-13-16-19-22-25-28-31-33-34-35-36-37-38-39-40-42-43-46-49-52-55-58-61-64-67-73(76)79-70-71(69-78-72(75)66-63-60-57-54-51-48-45-30-27-24-21-18-15-12-9-6-3)80-74(77)68-65-62-59-56-53-50-47-44-41-32-29-26-23-20-17-14-11-8-5-2/h30-31,33,45,71H,4-29,32,34-44,46-70H2,1-3H3/b33-31-,45-30-. The fourth-order valence-corrected chi connectivity index (χ4v) is 11.2. The molecule has 0 radical (unpaired) electrons. The topological polar surface area (TPSA) is 78.9 Å². The summed E-state index contributed by atoms with van der Waals surface area (Å²) in [6, 6.07) is 0. The molecule has 0 saturated carbocycles. The minimum Gasteiger partial charge on any atom is -0.462 e. The maximum atomic E-state index is 13.0. The van der Waals surface area contributed by atoms with E-state index in [1.165, 1.54) is 308 Å². The van der Waals surface area contributed by atoms with Crippen LogP contribution in [0, 0.1) is 0 Å². The highest BCUT2D eigenvalue weighted by molar-refractivity contribution is 5.71. The Labute approximate surface area is 500 Å². The number of carbonyl (C=O) groups is 3. The lowest BCUT2D eigenvalue weighted by molar-refractivity contribution is -0.167. The number of carbonyl (C=O) groups excluding carboxylic acids is 3. The molecule has 6 nitrogen and oxygen atoms in total. The fourth-order valence-electron chi connectivity index (χ4n) is 11.2. The molecule has 0 bridgehead atoms. The van der Waals surface area contributed by atoms with E-state index in [2.05, 4.69) is 45.1 Å². The summed E-state index contributed by atoms with van der Waals surface area (Å²) in [5.74, 6) is -0.842. The molecule has 1 atom stereocenters. The average molecular weight is 1130 g/mol. The highest BCUT2D eigenvalue weighted by Crippen LogP contribution is 2.19. The molecule has 0 aromatic heterocycles. The summed E-state index contributed by atoms with van der Waals surface area (Å²) >= 11 is 0. The van der Waals surface area contributed by atoms with Crippen molar-refractivity contribution in [3.8, 4) is 0 Å². The number of allylic oxidation sites excluding steroid dienone is 4. The van der Waals surface area contributed by atoms with Gasteiger partial charge in [0.2, 0.25) is 0 Å². The van der Waals surface area contributed by atoms with Crippen LogP contribution in [0.1, 0.15) is 412 Å². The van der Waals surface area contributed by atoms with Gasteiger partial charge in [-0.1, -0.05) is 347 Å². The van der Waals surface area contributed by atoms with Crippen LogP contribution in [-0.4, -0.2) is 37.2 Å². The predicted molar refractivity (Wildman–Crippen MR) is 349 cm³/mol. The third kappa shape index (κ3) is 66.7. The molecule has 0 spiro atoms.